The fraction of sp³-hybridized carbons (Fsp3) is 0.562. The number of benzene rings is 1. The SMILES string of the molecule is Cc1ccc(CCC(C)(C)C(=O)N(C)C)cc1C. The first kappa shape index (κ1) is 14.7. The highest BCUT2D eigenvalue weighted by Gasteiger charge is 2.28. The largest absolute Gasteiger partial charge is 0.348 e. The van der Waals surface area contributed by atoms with Crippen LogP contribution in [0.4, 0.5) is 0 Å². The van der Waals surface area contributed by atoms with Crippen molar-refractivity contribution in [3.8, 4) is 0 Å². The van der Waals surface area contributed by atoms with Gasteiger partial charge in [0.2, 0.25) is 5.91 Å². The molecule has 1 aromatic rings. The van der Waals surface area contributed by atoms with E-state index >= 15 is 0 Å². The first-order valence-electron chi connectivity index (χ1n) is 6.52. The monoisotopic (exact) mass is 247 g/mol. The number of rotatable bonds is 4. The Labute approximate surface area is 111 Å². The lowest BCUT2D eigenvalue weighted by Gasteiger charge is -2.27. The molecule has 0 bridgehead atoms. The summed E-state index contributed by atoms with van der Waals surface area (Å²) in [5.41, 5.74) is 3.67. The highest BCUT2D eigenvalue weighted by atomic mass is 16.2. The summed E-state index contributed by atoms with van der Waals surface area (Å²) in [6.45, 7) is 8.31. The molecule has 1 amide bonds. The Morgan fingerprint density at radius 2 is 1.78 bits per heavy atom. The lowest BCUT2D eigenvalue weighted by atomic mass is 9.84. The van der Waals surface area contributed by atoms with Gasteiger partial charge in [0.05, 0.1) is 0 Å². The van der Waals surface area contributed by atoms with Crippen molar-refractivity contribution in [3.05, 3.63) is 34.9 Å². The van der Waals surface area contributed by atoms with Crippen LogP contribution in [0.15, 0.2) is 18.2 Å². The number of hydrogen-bond donors (Lipinski definition) is 0. The molecule has 0 unspecified atom stereocenters. The van der Waals surface area contributed by atoms with Gasteiger partial charge in [-0.05, 0) is 43.4 Å². The van der Waals surface area contributed by atoms with E-state index in [-0.39, 0.29) is 11.3 Å². The van der Waals surface area contributed by atoms with Crippen LogP contribution >= 0.6 is 0 Å². The predicted octanol–water partition coefficient (Wildman–Crippen LogP) is 3.35. The number of nitrogens with zero attached hydrogens (tertiary/aromatic N) is 1. The average Bonchev–Trinajstić information content (AvgIpc) is 2.29. The Kier molecular flexibility index (Phi) is 4.55. The zero-order chi connectivity index (χ0) is 13.9. The molecule has 2 heteroatoms. The van der Waals surface area contributed by atoms with Gasteiger partial charge in [0, 0.05) is 19.5 Å². The molecule has 0 aliphatic carbocycles. The molecule has 0 radical (unpaired) electrons. The first-order chi connectivity index (χ1) is 8.24. The van der Waals surface area contributed by atoms with Crippen LogP contribution in [0.25, 0.3) is 0 Å². The van der Waals surface area contributed by atoms with Crippen molar-refractivity contribution in [1.82, 2.24) is 4.90 Å². The van der Waals surface area contributed by atoms with Gasteiger partial charge in [-0.1, -0.05) is 32.0 Å². The minimum atomic E-state index is -0.289. The lowest BCUT2D eigenvalue weighted by molar-refractivity contribution is -0.138. The van der Waals surface area contributed by atoms with Crippen LogP contribution in [0, 0.1) is 19.3 Å². The van der Waals surface area contributed by atoms with E-state index in [2.05, 4.69) is 32.0 Å². The molecule has 0 spiro atoms. The summed E-state index contributed by atoms with van der Waals surface area (Å²) in [5, 5.41) is 0. The van der Waals surface area contributed by atoms with E-state index in [9.17, 15) is 4.79 Å². The van der Waals surface area contributed by atoms with Crippen molar-refractivity contribution < 1.29 is 4.79 Å². The summed E-state index contributed by atoms with van der Waals surface area (Å²) in [4.78, 5) is 13.7. The minimum absolute atomic E-state index is 0.200. The second-order valence-corrected chi connectivity index (χ2v) is 6.00. The summed E-state index contributed by atoms with van der Waals surface area (Å²) in [5.74, 6) is 0.200. The van der Waals surface area contributed by atoms with E-state index in [1.54, 1.807) is 4.90 Å². The summed E-state index contributed by atoms with van der Waals surface area (Å²) >= 11 is 0. The molecule has 0 atom stereocenters. The molecule has 0 fully saturated rings. The van der Waals surface area contributed by atoms with E-state index in [1.165, 1.54) is 16.7 Å². The Balaban J connectivity index is 2.69. The molecule has 0 saturated carbocycles. The van der Waals surface area contributed by atoms with E-state index in [0.717, 1.165) is 12.8 Å². The molecule has 100 valence electrons. The van der Waals surface area contributed by atoms with Gasteiger partial charge in [-0.15, -0.1) is 0 Å². The Morgan fingerprint density at radius 3 is 2.28 bits per heavy atom. The van der Waals surface area contributed by atoms with Gasteiger partial charge in [-0.25, -0.2) is 0 Å². The van der Waals surface area contributed by atoms with Crippen LogP contribution in [0.5, 0.6) is 0 Å². The number of carbonyl (C=O) groups is 1. The van der Waals surface area contributed by atoms with Crippen molar-refractivity contribution in [2.45, 2.75) is 40.5 Å². The van der Waals surface area contributed by atoms with E-state index in [1.807, 2.05) is 27.9 Å². The van der Waals surface area contributed by atoms with Crippen molar-refractivity contribution >= 4 is 5.91 Å². The van der Waals surface area contributed by atoms with Gasteiger partial charge in [-0.3, -0.25) is 4.79 Å². The molecular formula is C16H25NO. The minimum Gasteiger partial charge on any atom is -0.348 e. The topological polar surface area (TPSA) is 20.3 Å². The van der Waals surface area contributed by atoms with Crippen molar-refractivity contribution in [2.75, 3.05) is 14.1 Å². The molecule has 0 aliphatic rings. The predicted molar refractivity (Wildman–Crippen MR) is 76.7 cm³/mol. The average molecular weight is 247 g/mol. The smallest absolute Gasteiger partial charge is 0.227 e. The maximum Gasteiger partial charge on any atom is 0.227 e. The third-order valence-corrected chi connectivity index (χ3v) is 3.60. The zero-order valence-corrected chi connectivity index (χ0v) is 12.5. The van der Waals surface area contributed by atoms with Crippen molar-refractivity contribution in [3.63, 3.8) is 0 Å². The van der Waals surface area contributed by atoms with Crippen LogP contribution < -0.4 is 0 Å². The van der Waals surface area contributed by atoms with Crippen LogP contribution in [0.1, 0.15) is 37.0 Å². The van der Waals surface area contributed by atoms with Gasteiger partial charge in [-0.2, -0.15) is 0 Å². The fourth-order valence-corrected chi connectivity index (χ4v) is 2.13. The third kappa shape index (κ3) is 3.59. The van der Waals surface area contributed by atoms with Gasteiger partial charge in [0.15, 0.2) is 0 Å². The third-order valence-electron chi connectivity index (χ3n) is 3.60. The molecule has 1 aromatic carbocycles. The normalized spacial score (nSPS) is 11.4. The molecule has 0 aliphatic heterocycles. The standard InChI is InChI=1S/C16H25NO/c1-12-7-8-14(11-13(12)2)9-10-16(3,4)15(18)17(5)6/h7-8,11H,9-10H2,1-6H3. The number of hydrogen-bond acceptors (Lipinski definition) is 1. The Bertz CT molecular complexity index is 433. The summed E-state index contributed by atoms with van der Waals surface area (Å²) in [6.07, 6.45) is 1.83. The van der Waals surface area contributed by atoms with Crippen LogP contribution in [0.3, 0.4) is 0 Å². The quantitative estimate of drug-likeness (QED) is 0.799. The summed E-state index contributed by atoms with van der Waals surface area (Å²) < 4.78 is 0. The Hall–Kier alpha value is -1.31. The fourth-order valence-electron chi connectivity index (χ4n) is 2.13. The van der Waals surface area contributed by atoms with Crippen LogP contribution in [-0.2, 0) is 11.2 Å². The molecule has 0 N–H and O–H groups in total. The van der Waals surface area contributed by atoms with E-state index in [0.29, 0.717) is 0 Å². The maximum absolute atomic E-state index is 12.0. The number of carbonyl (C=O) groups excluding carboxylic acids is 1. The Morgan fingerprint density at radius 1 is 1.17 bits per heavy atom. The van der Waals surface area contributed by atoms with E-state index in [4.69, 9.17) is 0 Å². The highest BCUT2D eigenvalue weighted by molar-refractivity contribution is 5.81. The number of aryl methyl sites for hydroxylation is 3. The second kappa shape index (κ2) is 5.55. The molecule has 0 saturated heterocycles. The molecule has 0 aromatic heterocycles. The van der Waals surface area contributed by atoms with Gasteiger partial charge < -0.3 is 4.90 Å². The van der Waals surface area contributed by atoms with Gasteiger partial charge in [0.1, 0.15) is 0 Å². The summed E-state index contributed by atoms with van der Waals surface area (Å²) in [6, 6.07) is 6.55. The first-order valence-corrected chi connectivity index (χ1v) is 6.52. The highest BCUT2D eigenvalue weighted by Crippen LogP contribution is 2.25. The van der Waals surface area contributed by atoms with E-state index < -0.39 is 0 Å². The van der Waals surface area contributed by atoms with Crippen molar-refractivity contribution in [2.24, 2.45) is 5.41 Å². The molecule has 18 heavy (non-hydrogen) atoms. The lowest BCUT2D eigenvalue weighted by Crippen LogP contribution is -2.36. The van der Waals surface area contributed by atoms with Crippen LogP contribution in [-0.4, -0.2) is 24.9 Å². The van der Waals surface area contributed by atoms with Crippen LogP contribution in [0.2, 0.25) is 0 Å². The zero-order valence-electron chi connectivity index (χ0n) is 12.5. The van der Waals surface area contributed by atoms with Gasteiger partial charge in [0.25, 0.3) is 0 Å². The molecular weight excluding hydrogens is 222 g/mol. The summed E-state index contributed by atoms with van der Waals surface area (Å²) in [7, 11) is 3.64. The second-order valence-electron chi connectivity index (χ2n) is 6.00. The van der Waals surface area contributed by atoms with Crippen molar-refractivity contribution in [1.29, 1.82) is 0 Å². The molecule has 0 heterocycles. The number of amides is 1. The molecule has 2 nitrogen and oxygen atoms in total. The molecule has 1 rings (SSSR count). The maximum atomic E-state index is 12.0. The van der Waals surface area contributed by atoms with Gasteiger partial charge >= 0.3 is 0 Å².